The van der Waals surface area contributed by atoms with Crippen molar-refractivity contribution in [1.82, 2.24) is 20.2 Å². The van der Waals surface area contributed by atoms with Gasteiger partial charge in [-0.3, -0.25) is 9.59 Å². The number of carbonyl (C=O) groups is 2. The summed E-state index contributed by atoms with van der Waals surface area (Å²) in [4.78, 5) is 36.8. The van der Waals surface area contributed by atoms with Gasteiger partial charge < -0.3 is 19.7 Å². The maximum Gasteiger partial charge on any atom is 0.257 e. The highest BCUT2D eigenvalue weighted by molar-refractivity contribution is 5.94. The number of ether oxygens (including phenoxy) is 2. The Morgan fingerprint density at radius 3 is 2.76 bits per heavy atom. The molecule has 0 fully saturated rings. The predicted octanol–water partition coefficient (Wildman–Crippen LogP) is 5.20. The minimum atomic E-state index is -0.511. The summed E-state index contributed by atoms with van der Waals surface area (Å²) in [7, 11) is 0. The van der Waals surface area contributed by atoms with E-state index in [0.717, 1.165) is 16.7 Å². The Morgan fingerprint density at radius 1 is 1.07 bits per heavy atom. The first kappa shape index (κ1) is 27.4. The van der Waals surface area contributed by atoms with Gasteiger partial charge in [0.2, 0.25) is 5.91 Å². The Balaban J connectivity index is 1.41. The van der Waals surface area contributed by atoms with Crippen LogP contribution in [0.25, 0.3) is 0 Å². The minimum absolute atomic E-state index is 0.0546. The lowest BCUT2D eigenvalue weighted by molar-refractivity contribution is -0.120. The summed E-state index contributed by atoms with van der Waals surface area (Å²) >= 11 is 0. The molecule has 0 saturated heterocycles. The standard InChI is InChI=1S/C33H31FN4O4/c1-2-30-36-19-24(20-37-30)33(40)38-13-11-22-17-26-8-9-27(22)32(38)23-5-3-6-25(18-23)41-14-4-12-35-31(39)16-21-7-10-28(34)29(15-21)42-26/h3,5-10,15,17-20,32H,2,4,11-14,16H2,1H3,(H,35,39). The number of hydrogen-bond donors (Lipinski definition) is 1. The number of nitrogens with zero attached hydrogens (tertiary/aromatic N) is 3. The van der Waals surface area contributed by atoms with E-state index in [1.807, 2.05) is 48.2 Å². The molecule has 4 aromatic rings. The van der Waals surface area contributed by atoms with Crippen LogP contribution < -0.4 is 14.8 Å². The molecule has 0 saturated carbocycles. The van der Waals surface area contributed by atoms with Crippen LogP contribution in [0.4, 0.5) is 4.39 Å². The predicted molar refractivity (Wildman–Crippen MR) is 154 cm³/mol. The second kappa shape index (κ2) is 12.0. The Morgan fingerprint density at radius 2 is 1.93 bits per heavy atom. The molecule has 42 heavy (non-hydrogen) atoms. The molecule has 3 aliphatic rings. The first-order valence-electron chi connectivity index (χ1n) is 14.2. The number of nitrogens with one attached hydrogen (secondary N) is 1. The van der Waals surface area contributed by atoms with Crippen molar-refractivity contribution in [3.63, 3.8) is 0 Å². The number of fused-ring (bicyclic) bond motifs is 7. The number of aromatic nitrogens is 2. The molecule has 8 nitrogen and oxygen atoms in total. The van der Waals surface area contributed by atoms with Gasteiger partial charge in [0.05, 0.1) is 24.6 Å². The zero-order valence-electron chi connectivity index (χ0n) is 23.3. The zero-order valence-corrected chi connectivity index (χ0v) is 23.3. The van der Waals surface area contributed by atoms with Gasteiger partial charge in [0, 0.05) is 31.9 Å². The highest BCUT2D eigenvalue weighted by Crippen LogP contribution is 2.39. The molecule has 0 spiro atoms. The summed E-state index contributed by atoms with van der Waals surface area (Å²) in [6.07, 6.45) is 5.17. The van der Waals surface area contributed by atoms with E-state index in [1.54, 1.807) is 30.6 Å². The minimum Gasteiger partial charge on any atom is -0.494 e. The van der Waals surface area contributed by atoms with E-state index in [9.17, 15) is 14.0 Å². The molecule has 1 unspecified atom stereocenters. The van der Waals surface area contributed by atoms with Gasteiger partial charge in [0.1, 0.15) is 17.3 Å². The van der Waals surface area contributed by atoms with Crippen molar-refractivity contribution in [2.24, 2.45) is 0 Å². The third kappa shape index (κ3) is 5.81. The van der Waals surface area contributed by atoms with Gasteiger partial charge in [0.25, 0.3) is 5.91 Å². The zero-order chi connectivity index (χ0) is 29.1. The average molecular weight is 567 g/mol. The van der Waals surface area contributed by atoms with Crippen LogP contribution in [0.2, 0.25) is 0 Å². The van der Waals surface area contributed by atoms with E-state index >= 15 is 0 Å². The number of hydrogen-bond acceptors (Lipinski definition) is 6. The second-order valence-corrected chi connectivity index (χ2v) is 10.4. The van der Waals surface area contributed by atoms with Crippen molar-refractivity contribution < 1.29 is 23.5 Å². The fourth-order valence-electron chi connectivity index (χ4n) is 5.43. The normalized spacial score (nSPS) is 16.8. The van der Waals surface area contributed by atoms with Crippen molar-refractivity contribution in [2.45, 2.75) is 38.6 Å². The number of halogens is 1. The van der Waals surface area contributed by atoms with Crippen molar-refractivity contribution in [1.29, 1.82) is 0 Å². The SMILES string of the molecule is CCc1ncc(C(=O)N2CCc3cc4ccc3C2c2cccc(c2)OCCCNC(=O)Cc2ccc(F)c(c2)O4)cn1. The molecule has 0 aliphatic carbocycles. The highest BCUT2D eigenvalue weighted by Gasteiger charge is 2.33. The maximum absolute atomic E-state index is 14.7. The topological polar surface area (TPSA) is 93.7 Å². The molecule has 9 heteroatoms. The fourth-order valence-corrected chi connectivity index (χ4v) is 5.43. The smallest absolute Gasteiger partial charge is 0.257 e. The van der Waals surface area contributed by atoms with Gasteiger partial charge in [-0.1, -0.05) is 31.2 Å². The van der Waals surface area contributed by atoms with E-state index in [4.69, 9.17) is 9.47 Å². The van der Waals surface area contributed by atoms with Gasteiger partial charge in [0.15, 0.2) is 11.6 Å². The van der Waals surface area contributed by atoms with Crippen LogP contribution in [0, 0.1) is 5.82 Å². The molecule has 3 aliphatic heterocycles. The number of carbonyl (C=O) groups excluding carboxylic acids is 2. The van der Waals surface area contributed by atoms with Crippen molar-refractivity contribution in [2.75, 3.05) is 19.7 Å². The summed E-state index contributed by atoms with van der Waals surface area (Å²) in [5.41, 5.74) is 3.92. The van der Waals surface area contributed by atoms with E-state index in [2.05, 4.69) is 15.3 Å². The fraction of sp³-hybridized carbons (Fsp3) is 0.273. The monoisotopic (exact) mass is 566 g/mol. The maximum atomic E-state index is 14.7. The molecule has 3 aromatic carbocycles. The Labute approximate surface area is 243 Å². The molecule has 0 radical (unpaired) electrons. The molecule has 8 bridgehead atoms. The summed E-state index contributed by atoms with van der Waals surface area (Å²) < 4.78 is 26.8. The quantitative estimate of drug-likeness (QED) is 0.359. The van der Waals surface area contributed by atoms with Gasteiger partial charge in [-0.2, -0.15) is 0 Å². The van der Waals surface area contributed by atoms with Crippen molar-refractivity contribution in [3.05, 3.63) is 113 Å². The largest absolute Gasteiger partial charge is 0.494 e. The molecule has 7 rings (SSSR count). The van der Waals surface area contributed by atoms with E-state index < -0.39 is 11.9 Å². The van der Waals surface area contributed by atoms with Gasteiger partial charge >= 0.3 is 0 Å². The molecule has 214 valence electrons. The van der Waals surface area contributed by atoms with Crippen molar-refractivity contribution >= 4 is 11.8 Å². The number of aryl methyl sites for hydroxylation is 1. The van der Waals surface area contributed by atoms with Gasteiger partial charge in [-0.05, 0) is 71.5 Å². The van der Waals surface area contributed by atoms with Crippen LogP contribution >= 0.6 is 0 Å². The lowest BCUT2D eigenvalue weighted by atomic mass is 9.87. The van der Waals surface area contributed by atoms with Gasteiger partial charge in [-0.15, -0.1) is 0 Å². The second-order valence-electron chi connectivity index (χ2n) is 10.4. The Kier molecular flexibility index (Phi) is 7.81. The molecular formula is C33H31FN4O4. The van der Waals surface area contributed by atoms with E-state index in [1.165, 1.54) is 6.07 Å². The first-order valence-corrected chi connectivity index (χ1v) is 14.2. The van der Waals surface area contributed by atoms with E-state index in [-0.39, 0.29) is 24.0 Å². The molecule has 1 aromatic heterocycles. The summed E-state index contributed by atoms with van der Waals surface area (Å²) in [5, 5.41) is 2.89. The van der Waals surface area contributed by atoms with Crippen LogP contribution in [-0.2, 0) is 24.1 Å². The van der Waals surface area contributed by atoms with Crippen molar-refractivity contribution in [3.8, 4) is 17.2 Å². The molecule has 1 atom stereocenters. The average Bonchev–Trinajstić information content (AvgIpc) is 3.01. The number of benzene rings is 3. The Hall–Kier alpha value is -4.79. The third-order valence-corrected chi connectivity index (χ3v) is 7.55. The van der Waals surface area contributed by atoms with Crippen LogP contribution in [0.5, 0.6) is 17.2 Å². The van der Waals surface area contributed by atoms with Crippen LogP contribution in [0.3, 0.4) is 0 Å². The first-order chi connectivity index (χ1) is 20.5. The highest BCUT2D eigenvalue weighted by atomic mass is 19.1. The molecule has 1 N–H and O–H groups in total. The molecular weight excluding hydrogens is 535 g/mol. The van der Waals surface area contributed by atoms with Gasteiger partial charge in [-0.25, -0.2) is 14.4 Å². The van der Waals surface area contributed by atoms with Crippen LogP contribution in [-0.4, -0.2) is 46.4 Å². The lowest BCUT2D eigenvalue weighted by Gasteiger charge is -2.38. The summed E-state index contributed by atoms with van der Waals surface area (Å²) in [6, 6.07) is 17.4. The summed E-state index contributed by atoms with van der Waals surface area (Å²) in [5.74, 6) is 1.06. The van der Waals surface area contributed by atoms with Crippen LogP contribution in [0.1, 0.15) is 57.8 Å². The Bertz CT molecular complexity index is 1630. The van der Waals surface area contributed by atoms with E-state index in [0.29, 0.717) is 67.4 Å². The number of rotatable bonds is 2. The number of amides is 2. The molecule has 2 amide bonds. The summed E-state index contributed by atoms with van der Waals surface area (Å²) in [6.45, 7) is 3.28. The third-order valence-electron chi connectivity index (χ3n) is 7.55. The van der Waals surface area contributed by atoms with Crippen LogP contribution in [0.15, 0.2) is 73.1 Å². The molecule has 4 heterocycles. The lowest BCUT2D eigenvalue weighted by Crippen LogP contribution is -2.40.